The highest BCUT2D eigenvalue weighted by atomic mass is 16.5. The highest BCUT2D eigenvalue weighted by molar-refractivity contribution is 5.88. The Morgan fingerprint density at radius 2 is 2.14 bits per heavy atom. The van der Waals surface area contributed by atoms with Crippen molar-refractivity contribution >= 4 is 11.5 Å². The van der Waals surface area contributed by atoms with Gasteiger partial charge in [0.1, 0.15) is 5.75 Å². The molecule has 0 atom stereocenters. The van der Waals surface area contributed by atoms with Crippen LogP contribution in [0.5, 0.6) is 5.75 Å². The molecular weight excluding hydrogens is 356 g/mol. The molecule has 0 saturated heterocycles. The first-order valence-corrected chi connectivity index (χ1v) is 9.62. The third-order valence-corrected chi connectivity index (χ3v) is 4.69. The molecule has 0 bridgehead atoms. The zero-order chi connectivity index (χ0) is 19.9. The largest absolute Gasteiger partial charge is 0.493 e. The van der Waals surface area contributed by atoms with Crippen molar-refractivity contribution in [3.8, 4) is 5.75 Å². The van der Waals surface area contributed by atoms with Crippen LogP contribution in [0.4, 0.5) is 0 Å². The predicted molar refractivity (Wildman–Crippen MR) is 107 cm³/mol. The lowest BCUT2D eigenvalue weighted by molar-refractivity contribution is 0.0591. The van der Waals surface area contributed by atoms with Crippen molar-refractivity contribution in [2.75, 3.05) is 26.9 Å². The van der Waals surface area contributed by atoms with Gasteiger partial charge in [-0.25, -0.2) is 9.78 Å². The molecule has 3 rings (SSSR count). The molecule has 0 radical (unpaired) electrons. The summed E-state index contributed by atoms with van der Waals surface area (Å²) in [5.41, 5.74) is 4.87. The topological polar surface area (TPSA) is 70.5 Å². The average molecular weight is 382 g/mol. The lowest BCUT2D eigenvalue weighted by atomic mass is 9.96. The van der Waals surface area contributed by atoms with E-state index in [9.17, 15) is 4.79 Å². The maximum Gasteiger partial charge on any atom is 0.358 e. The minimum Gasteiger partial charge on any atom is -0.493 e. The second kappa shape index (κ2) is 9.46. The summed E-state index contributed by atoms with van der Waals surface area (Å²) in [6.07, 6.45) is 5.80. The molecule has 1 aromatic heterocycles. The number of hydrogen-bond donors (Lipinski definition) is 0. The molecule has 1 aromatic carbocycles. The van der Waals surface area contributed by atoms with Gasteiger partial charge in [0.15, 0.2) is 5.69 Å². The molecule has 0 unspecified atom stereocenters. The van der Waals surface area contributed by atoms with E-state index in [2.05, 4.69) is 22.1 Å². The Labute approximate surface area is 165 Å². The van der Waals surface area contributed by atoms with Crippen molar-refractivity contribution < 1.29 is 19.0 Å². The molecule has 0 aliphatic carbocycles. The smallest absolute Gasteiger partial charge is 0.358 e. The second-order valence-corrected chi connectivity index (χ2v) is 6.46. The van der Waals surface area contributed by atoms with Gasteiger partial charge in [-0.2, -0.15) is 0 Å². The monoisotopic (exact) mass is 382 g/mol. The minimum absolute atomic E-state index is 0.264. The molecule has 1 aliphatic rings. The van der Waals surface area contributed by atoms with Crippen LogP contribution in [0, 0.1) is 0 Å². The molecule has 0 amide bonds. The summed E-state index contributed by atoms with van der Waals surface area (Å²) in [4.78, 5) is 21.2. The van der Waals surface area contributed by atoms with Gasteiger partial charge in [-0.05, 0) is 25.3 Å². The number of para-hydroxylation sites is 1. The molecule has 0 N–H and O–H groups in total. The van der Waals surface area contributed by atoms with Crippen molar-refractivity contribution in [2.45, 2.75) is 33.1 Å². The van der Waals surface area contributed by atoms with Crippen molar-refractivity contribution in [1.29, 1.82) is 0 Å². The maximum absolute atomic E-state index is 12.2. The summed E-state index contributed by atoms with van der Waals surface area (Å²) < 4.78 is 16.4. The molecular formula is C22H26N2O4. The fraction of sp³-hybridized carbons (Fsp3) is 0.409. The average Bonchev–Trinajstić information content (AvgIpc) is 2.75. The van der Waals surface area contributed by atoms with E-state index in [1.807, 2.05) is 26.0 Å². The third kappa shape index (κ3) is 4.39. The number of esters is 1. The summed E-state index contributed by atoms with van der Waals surface area (Å²) in [5, 5.41) is 0. The van der Waals surface area contributed by atoms with Crippen LogP contribution in [-0.2, 0) is 22.3 Å². The van der Waals surface area contributed by atoms with Crippen LogP contribution in [0.3, 0.4) is 0 Å². The summed E-state index contributed by atoms with van der Waals surface area (Å²) in [6, 6.07) is 6.08. The summed E-state index contributed by atoms with van der Waals surface area (Å²) in [7, 11) is 1.36. The zero-order valence-corrected chi connectivity index (χ0v) is 16.7. The molecule has 1 aliphatic heterocycles. The SMILES string of the molecule is CCOc1c(Cc2ncc(CC)nc2C(=O)OC)cccc1C1=CCOCC1. The van der Waals surface area contributed by atoms with Crippen LogP contribution in [0.25, 0.3) is 5.57 Å². The number of nitrogens with zero attached hydrogens (tertiary/aromatic N) is 2. The van der Waals surface area contributed by atoms with Crippen molar-refractivity contribution in [3.05, 3.63) is 58.7 Å². The highest BCUT2D eigenvalue weighted by Crippen LogP contribution is 2.34. The van der Waals surface area contributed by atoms with Gasteiger partial charge in [0, 0.05) is 23.7 Å². The number of aryl methyl sites for hydroxylation is 1. The molecule has 148 valence electrons. The third-order valence-electron chi connectivity index (χ3n) is 4.69. The van der Waals surface area contributed by atoms with E-state index in [0.717, 1.165) is 29.0 Å². The Kier molecular flexibility index (Phi) is 6.76. The number of ether oxygens (including phenoxy) is 3. The van der Waals surface area contributed by atoms with Gasteiger partial charge in [-0.1, -0.05) is 31.2 Å². The van der Waals surface area contributed by atoms with Crippen LogP contribution in [0.1, 0.15) is 53.3 Å². The van der Waals surface area contributed by atoms with E-state index in [4.69, 9.17) is 14.2 Å². The molecule has 2 heterocycles. The van der Waals surface area contributed by atoms with Gasteiger partial charge in [-0.3, -0.25) is 4.98 Å². The van der Waals surface area contributed by atoms with Gasteiger partial charge in [-0.15, -0.1) is 0 Å². The number of aromatic nitrogens is 2. The van der Waals surface area contributed by atoms with Crippen LogP contribution in [0.15, 0.2) is 30.5 Å². The van der Waals surface area contributed by atoms with E-state index in [0.29, 0.717) is 38.4 Å². The van der Waals surface area contributed by atoms with Crippen LogP contribution < -0.4 is 4.74 Å². The number of benzene rings is 1. The summed E-state index contributed by atoms with van der Waals surface area (Å²) in [6.45, 7) is 5.81. The predicted octanol–water partition coefficient (Wildman–Crippen LogP) is 3.62. The van der Waals surface area contributed by atoms with E-state index in [-0.39, 0.29) is 5.69 Å². The Balaban J connectivity index is 2.03. The molecule has 6 nitrogen and oxygen atoms in total. The fourth-order valence-electron chi connectivity index (χ4n) is 3.25. The Bertz CT molecular complexity index is 877. The fourth-order valence-corrected chi connectivity index (χ4v) is 3.25. The number of hydrogen-bond acceptors (Lipinski definition) is 6. The Hall–Kier alpha value is -2.73. The molecule has 0 spiro atoms. The summed E-state index contributed by atoms with van der Waals surface area (Å²) >= 11 is 0. The molecule has 2 aromatic rings. The lowest BCUT2D eigenvalue weighted by Gasteiger charge is -2.20. The molecule has 6 heteroatoms. The number of carbonyl (C=O) groups is 1. The second-order valence-electron chi connectivity index (χ2n) is 6.46. The van der Waals surface area contributed by atoms with Crippen molar-refractivity contribution in [3.63, 3.8) is 0 Å². The van der Waals surface area contributed by atoms with Crippen molar-refractivity contribution in [2.24, 2.45) is 0 Å². The maximum atomic E-state index is 12.2. The van der Waals surface area contributed by atoms with Crippen molar-refractivity contribution in [1.82, 2.24) is 9.97 Å². The molecule has 28 heavy (non-hydrogen) atoms. The quantitative estimate of drug-likeness (QED) is 0.681. The lowest BCUT2D eigenvalue weighted by Crippen LogP contribution is -2.13. The van der Waals surface area contributed by atoms with Gasteiger partial charge >= 0.3 is 5.97 Å². The Morgan fingerprint density at radius 3 is 2.82 bits per heavy atom. The van der Waals surface area contributed by atoms with Crippen LogP contribution in [0.2, 0.25) is 0 Å². The van der Waals surface area contributed by atoms with Gasteiger partial charge in [0.05, 0.1) is 38.3 Å². The minimum atomic E-state index is -0.473. The van der Waals surface area contributed by atoms with Crippen LogP contribution >= 0.6 is 0 Å². The van der Waals surface area contributed by atoms with Gasteiger partial charge < -0.3 is 14.2 Å². The Morgan fingerprint density at radius 1 is 1.29 bits per heavy atom. The van der Waals surface area contributed by atoms with Crippen LogP contribution in [-0.4, -0.2) is 42.9 Å². The van der Waals surface area contributed by atoms with Gasteiger partial charge in [0.2, 0.25) is 0 Å². The zero-order valence-electron chi connectivity index (χ0n) is 16.7. The van der Waals surface area contributed by atoms with E-state index < -0.39 is 5.97 Å². The first-order chi connectivity index (χ1) is 13.7. The van der Waals surface area contributed by atoms with E-state index in [1.54, 1.807) is 6.20 Å². The molecule has 0 saturated carbocycles. The first-order valence-electron chi connectivity index (χ1n) is 9.62. The number of carbonyl (C=O) groups excluding carboxylic acids is 1. The first kappa shape index (κ1) is 20.0. The molecule has 0 fully saturated rings. The standard InChI is InChI=1S/C22H26N2O4/c1-4-17-14-23-19(20(24-17)22(25)26-3)13-16-7-6-8-18(21(16)28-5-2)15-9-11-27-12-10-15/h6-9,14H,4-5,10-13H2,1-3H3. The van der Waals surface area contributed by atoms with E-state index in [1.165, 1.54) is 12.7 Å². The number of methoxy groups -OCH3 is 1. The highest BCUT2D eigenvalue weighted by Gasteiger charge is 2.20. The van der Waals surface area contributed by atoms with Gasteiger partial charge in [0.25, 0.3) is 0 Å². The normalized spacial score (nSPS) is 13.8. The number of rotatable bonds is 7. The van der Waals surface area contributed by atoms with E-state index >= 15 is 0 Å². The summed E-state index contributed by atoms with van der Waals surface area (Å²) in [5.74, 6) is 0.356.